The number of carbonyl (C=O) groups is 1. The lowest BCUT2D eigenvalue weighted by Gasteiger charge is -2.22. The van der Waals surface area contributed by atoms with Crippen molar-refractivity contribution < 1.29 is 13.7 Å². The number of pyridine rings is 1. The van der Waals surface area contributed by atoms with E-state index in [1.807, 2.05) is 33.8 Å². The highest BCUT2D eigenvalue weighted by Gasteiger charge is 2.22. The van der Waals surface area contributed by atoms with Gasteiger partial charge in [-0.05, 0) is 66.2 Å². The topological polar surface area (TPSA) is 80.3 Å². The third kappa shape index (κ3) is 7.09. The van der Waals surface area contributed by atoms with Crippen LogP contribution in [0.25, 0.3) is 0 Å². The number of aromatic nitrogens is 1. The number of ether oxygens (including phenoxy) is 1. The van der Waals surface area contributed by atoms with Gasteiger partial charge in [0, 0.05) is 12.2 Å². The molecule has 0 aromatic carbocycles. The minimum Gasteiger partial charge on any atom is -0.444 e. The van der Waals surface area contributed by atoms with Gasteiger partial charge in [0.05, 0.1) is 15.7 Å². The van der Waals surface area contributed by atoms with Crippen LogP contribution in [0.2, 0.25) is 0 Å². The van der Waals surface area contributed by atoms with Crippen LogP contribution in [-0.2, 0) is 15.7 Å². The van der Waals surface area contributed by atoms with E-state index in [-0.39, 0.29) is 10.8 Å². The molecule has 0 saturated heterocycles. The first-order valence-electron chi connectivity index (χ1n) is 7.52. The van der Waals surface area contributed by atoms with Crippen LogP contribution >= 0.6 is 0 Å². The Bertz CT molecular complexity index is 577. The first-order valence-corrected chi connectivity index (χ1v) is 8.67. The molecule has 2 atom stereocenters. The maximum Gasteiger partial charge on any atom is 0.413 e. The summed E-state index contributed by atoms with van der Waals surface area (Å²) >= 11 is 0. The Morgan fingerprint density at radius 3 is 2.39 bits per heavy atom. The van der Waals surface area contributed by atoms with Gasteiger partial charge in [-0.1, -0.05) is 0 Å². The van der Waals surface area contributed by atoms with Crippen molar-refractivity contribution in [3.8, 4) is 0 Å². The van der Waals surface area contributed by atoms with Gasteiger partial charge in [0.25, 0.3) is 0 Å². The minimum atomic E-state index is -1.18. The Balaban J connectivity index is 2.77. The quantitative estimate of drug-likeness (QED) is 0.878. The number of rotatable bonds is 4. The molecule has 1 rings (SSSR count). The Morgan fingerprint density at radius 2 is 1.87 bits per heavy atom. The van der Waals surface area contributed by atoms with E-state index in [0.29, 0.717) is 5.82 Å². The van der Waals surface area contributed by atoms with Crippen molar-refractivity contribution in [1.82, 2.24) is 9.71 Å². The van der Waals surface area contributed by atoms with Crippen molar-refractivity contribution >= 4 is 22.9 Å². The molecular weight excluding hydrogens is 314 g/mol. The number of amides is 1. The summed E-state index contributed by atoms with van der Waals surface area (Å²) in [7, 11) is -1.18. The molecule has 2 unspecified atom stereocenters. The SMILES string of the molecule is CC(NS(=O)C(C)(C)C)c1ccnc(NC(=O)OC(C)(C)C)c1. The van der Waals surface area contributed by atoms with Crippen molar-refractivity contribution in [2.75, 3.05) is 5.32 Å². The maximum absolute atomic E-state index is 12.2. The average Bonchev–Trinajstić information content (AvgIpc) is 2.35. The standard InChI is InChI=1S/C16H27N3O3S/c1-11(19-23(21)16(5,6)7)12-8-9-17-13(10-12)18-14(20)22-15(2,3)4/h8-11,19H,1-7H3,(H,17,18,20). The third-order valence-electron chi connectivity index (χ3n) is 2.75. The van der Waals surface area contributed by atoms with Crippen molar-refractivity contribution in [3.63, 3.8) is 0 Å². The van der Waals surface area contributed by atoms with E-state index in [2.05, 4.69) is 15.0 Å². The molecule has 2 N–H and O–H groups in total. The van der Waals surface area contributed by atoms with E-state index in [0.717, 1.165) is 5.56 Å². The highest BCUT2D eigenvalue weighted by atomic mass is 32.2. The van der Waals surface area contributed by atoms with E-state index in [9.17, 15) is 9.00 Å². The Morgan fingerprint density at radius 1 is 1.26 bits per heavy atom. The van der Waals surface area contributed by atoms with Gasteiger partial charge in [0.2, 0.25) is 0 Å². The summed E-state index contributed by atoms with van der Waals surface area (Å²) in [5, 5.41) is 2.60. The summed E-state index contributed by atoms with van der Waals surface area (Å²) in [6.45, 7) is 13.0. The first kappa shape index (κ1) is 19.6. The summed E-state index contributed by atoms with van der Waals surface area (Å²) in [6, 6.07) is 3.41. The van der Waals surface area contributed by atoms with E-state index >= 15 is 0 Å². The summed E-state index contributed by atoms with van der Waals surface area (Å²) < 4.78 is 20.1. The summed E-state index contributed by atoms with van der Waals surface area (Å²) in [4.78, 5) is 15.9. The number of nitrogens with zero attached hydrogens (tertiary/aromatic N) is 1. The first-order chi connectivity index (χ1) is 10.4. The van der Waals surface area contributed by atoms with Crippen molar-refractivity contribution in [3.05, 3.63) is 23.9 Å². The monoisotopic (exact) mass is 341 g/mol. The van der Waals surface area contributed by atoms with E-state index in [4.69, 9.17) is 4.74 Å². The zero-order valence-electron chi connectivity index (χ0n) is 14.9. The second-order valence-corrected chi connectivity index (χ2v) is 9.32. The summed E-state index contributed by atoms with van der Waals surface area (Å²) in [5.41, 5.74) is 0.309. The number of hydrogen-bond donors (Lipinski definition) is 2. The normalized spacial score (nSPS) is 14.9. The largest absolute Gasteiger partial charge is 0.444 e. The Kier molecular flexibility index (Phi) is 6.30. The van der Waals surface area contributed by atoms with Crippen LogP contribution in [-0.4, -0.2) is 25.6 Å². The molecule has 1 aromatic heterocycles. The summed E-state index contributed by atoms with van der Waals surface area (Å²) in [5.74, 6) is 0.395. The van der Waals surface area contributed by atoms with Gasteiger partial charge in [0.15, 0.2) is 0 Å². The molecule has 0 bridgehead atoms. The molecule has 0 aliphatic carbocycles. The molecule has 6 nitrogen and oxygen atoms in total. The number of anilines is 1. The molecule has 0 aliphatic heterocycles. The lowest BCUT2D eigenvalue weighted by Crippen LogP contribution is -2.34. The van der Waals surface area contributed by atoms with E-state index < -0.39 is 22.7 Å². The van der Waals surface area contributed by atoms with Gasteiger partial charge in [-0.2, -0.15) is 0 Å². The number of hydrogen-bond acceptors (Lipinski definition) is 4. The van der Waals surface area contributed by atoms with Crippen molar-refractivity contribution in [1.29, 1.82) is 0 Å². The second kappa shape index (κ2) is 7.40. The molecule has 0 fully saturated rings. The number of carbonyl (C=O) groups excluding carboxylic acids is 1. The van der Waals surface area contributed by atoms with Crippen LogP contribution in [0.3, 0.4) is 0 Å². The van der Waals surface area contributed by atoms with Crippen LogP contribution in [0, 0.1) is 0 Å². The van der Waals surface area contributed by atoms with Gasteiger partial charge in [-0.15, -0.1) is 0 Å². The number of nitrogens with one attached hydrogen (secondary N) is 2. The van der Waals surface area contributed by atoms with Crippen LogP contribution in [0.1, 0.15) is 60.1 Å². The molecule has 7 heteroatoms. The molecule has 1 heterocycles. The molecular formula is C16H27N3O3S. The van der Waals surface area contributed by atoms with Crippen LogP contribution in [0.4, 0.5) is 10.6 Å². The van der Waals surface area contributed by atoms with Gasteiger partial charge >= 0.3 is 6.09 Å². The lowest BCUT2D eigenvalue weighted by atomic mass is 10.1. The Hall–Kier alpha value is -1.47. The molecule has 1 amide bonds. The van der Waals surface area contributed by atoms with Gasteiger partial charge in [0.1, 0.15) is 11.4 Å². The van der Waals surface area contributed by atoms with E-state index in [1.54, 1.807) is 33.0 Å². The second-order valence-electron chi connectivity index (χ2n) is 7.32. The van der Waals surface area contributed by atoms with Crippen LogP contribution < -0.4 is 10.0 Å². The molecule has 1 aromatic rings. The van der Waals surface area contributed by atoms with Crippen LogP contribution in [0.15, 0.2) is 18.3 Å². The minimum absolute atomic E-state index is 0.141. The van der Waals surface area contributed by atoms with Gasteiger partial charge in [-0.3, -0.25) is 5.32 Å². The fraction of sp³-hybridized carbons (Fsp3) is 0.625. The molecule has 23 heavy (non-hydrogen) atoms. The maximum atomic E-state index is 12.2. The zero-order valence-corrected chi connectivity index (χ0v) is 15.7. The average molecular weight is 341 g/mol. The van der Waals surface area contributed by atoms with Crippen molar-refractivity contribution in [2.24, 2.45) is 0 Å². The Labute approximate surface area is 141 Å². The fourth-order valence-corrected chi connectivity index (χ4v) is 2.41. The molecule has 130 valence electrons. The van der Waals surface area contributed by atoms with Gasteiger partial charge < -0.3 is 4.74 Å². The fourth-order valence-electron chi connectivity index (χ4n) is 1.60. The predicted molar refractivity (Wildman–Crippen MR) is 93.5 cm³/mol. The highest BCUT2D eigenvalue weighted by Crippen LogP contribution is 2.19. The van der Waals surface area contributed by atoms with Crippen molar-refractivity contribution in [2.45, 2.75) is 64.9 Å². The molecule has 0 aliphatic rings. The smallest absolute Gasteiger partial charge is 0.413 e. The third-order valence-corrected chi connectivity index (χ3v) is 4.43. The zero-order chi connectivity index (χ0) is 17.8. The molecule has 0 spiro atoms. The molecule has 0 saturated carbocycles. The lowest BCUT2D eigenvalue weighted by molar-refractivity contribution is 0.0635. The van der Waals surface area contributed by atoms with Gasteiger partial charge in [-0.25, -0.2) is 18.7 Å². The predicted octanol–water partition coefficient (Wildman–Crippen LogP) is 3.54. The summed E-state index contributed by atoms with van der Waals surface area (Å²) in [6.07, 6.45) is 1.04. The van der Waals surface area contributed by atoms with E-state index in [1.165, 1.54) is 0 Å². The van der Waals surface area contributed by atoms with Crippen LogP contribution in [0.5, 0.6) is 0 Å². The highest BCUT2D eigenvalue weighted by molar-refractivity contribution is 7.84. The molecule has 0 radical (unpaired) electrons.